The Balaban J connectivity index is 1.71. The predicted molar refractivity (Wildman–Crippen MR) is 189 cm³/mol. The van der Waals surface area contributed by atoms with Gasteiger partial charge in [-0.2, -0.15) is 0 Å². The summed E-state index contributed by atoms with van der Waals surface area (Å²) < 4.78 is 2.39. The topological polar surface area (TPSA) is 3.88 Å². The van der Waals surface area contributed by atoms with Crippen molar-refractivity contribution in [3.63, 3.8) is 0 Å². The van der Waals surface area contributed by atoms with Crippen molar-refractivity contribution in [1.82, 2.24) is 0 Å². The Morgan fingerprint density at radius 3 is 2.00 bits per heavy atom. The second-order valence-electron chi connectivity index (χ2n) is 16.9. The van der Waals surface area contributed by atoms with Crippen LogP contribution in [0.1, 0.15) is 90.1 Å². The molecule has 2 heteroatoms. The van der Waals surface area contributed by atoms with E-state index in [0.717, 1.165) is 19.3 Å². The Morgan fingerprint density at radius 2 is 1.35 bits per heavy atom. The Bertz CT molecular complexity index is 1940. The van der Waals surface area contributed by atoms with Crippen LogP contribution in [0.4, 0.5) is 0 Å². The molecule has 2 heterocycles. The van der Waals surface area contributed by atoms with Crippen molar-refractivity contribution in [2.45, 2.75) is 105 Å². The van der Waals surface area contributed by atoms with Gasteiger partial charge in [-0.1, -0.05) is 104 Å². The standard InChI is InChI=1S/C41H50NS/c1-24-17-27-20-34-36-30(32(27)19-28(24)22-40(6,7)8)15-16-42(12)37(36)35-25(2)31-18-26(21-39(3,4)5)13-14-29(31)33(38(35)43-34)23-41(9,10)11/h13-20H,21-23H2,1-12H3/q+1. The van der Waals surface area contributed by atoms with E-state index in [2.05, 4.69) is 136 Å². The third kappa shape index (κ3) is 5.61. The van der Waals surface area contributed by atoms with Crippen molar-refractivity contribution in [1.29, 1.82) is 0 Å². The van der Waals surface area contributed by atoms with Crippen molar-refractivity contribution in [2.24, 2.45) is 23.3 Å². The minimum Gasteiger partial charge on any atom is -0.200 e. The maximum absolute atomic E-state index is 2.50. The van der Waals surface area contributed by atoms with Gasteiger partial charge >= 0.3 is 0 Å². The molecule has 0 saturated carbocycles. The molecule has 1 nitrogen and oxygen atoms in total. The molecule has 5 aromatic rings. The number of pyridine rings is 1. The van der Waals surface area contributed by atoms with Crippen molar-refractivity contribution in [3.8, 4) is 11.3 Å². The maximum atomic E-state index is 2.50. The third-order valence-corrected chi connectivity index (χ3v) is 10.2. The Kier molecular flexibility index (Phi) is 7.09. The van der Waals surface area contributed by atoms with Crippen LogP contribution in [0.15, 0.2) is 58.5 Å². The highest BCUT2D eigenvalue weighted by Gasteiger charge is 2.33. The summed E-state index contributed by atoms with van der Waals surface area (Å²) in [6.45, 7) is 25.9. The van der Waals surface area contributed by atoms with Crippen LogP contribution in [0.3, 0.4) is 0 Å². The van der Waals surface area contributed by atoms with E-state index in [-0.39, 0.29) is 16.2 Å². The lowest BCUT2D eigenvalue weighted by Gasteiger charge is -2.28. The number of hydrogen-bond acceptors (Lipinski definition) is 1. The molecule has 1 aliphatic heterocycles. The molecule has 1 aromatic heterocycles. The quantitative estimate of drug-likeness (QED) is 0.147. The smallest absolute Gasteiger partial charge is 0.200 e. The van der Waals surface area contributed by atoms with Gasteiger partial charge in [0, 0.05) is 21.2 Å². The van der Waals surface area contributed by atoms with Gasteiger partial charge in [-0.3, -0.25) is 0 Å². The minimum atomic E-state index is 0.180. The Labute approximate surface area is 264 Å². The van der Waals surface area contributed by atoms with Crippen LogP contribution in [-0.4, -0.2) is 0 Å². The van der Waals surface area contributed by atoms with Gasteiger partial charge in [-0.05, 0) is 105 Å². The SMILES string of the molecule is Cc1cc2cc3c4c([n+](C)ccc4c2cc1CC(C)(C)C)-c1c(c(CC(C)(C)C)c2ccc(CC(C)(C)C)cc2c1C)S3. The number of hydrogen-bond donors (Lipinski definition) is 0. The summed E-state index contributed by atoms with van der Waals surface area (Å²) in [4.78, 5) is 2.85. The molecule has 1 aliphatic rings. The Morgan fingerprint density at radius 1 is 0.674 bits per heavy atom. The number of aromatic nitrogens is 1. The van der Waals surface area contributed by atoms with Gasteiger partial charge in [-0.15, -0.1) is 0 Å². The number of fused-ring (bicyclic) bond motifs is 5. The van der Waals surface area contributed by atoms with Crippen molar-refractivity contribution in [3.05, 3.63) is 76.5 Å². The molecule has 0 amide bonds. The zero-order valence-corrected chi connectivity index (χ0v) is 29.4. The van der Waals surface area contributed by atoms with Crippen LogP contribution in [0.5, 0.6) is 0 Å². The molecule has 0 unspecified atom stereocenters. The molecule has 0 N–H and O–H groups in total. The first-order valence-electron chi connectivity index (χ1n) is 16.1. The lowest BCUT2D eigenvalue weighted by atomic mass is 9.81. The van der Waals surface area contributed by atoms with E-state index in [0.29, 0.717) is 0 Å². The molecular formula is C41H50NS+. The third-order valence-electron chi connectivity index (χ3n) is 8.96. The van der Waals surface area contributed by atoms with Crippen LogP contribution >= 0.6 is 11.8 Å². The number of benzene rings is 4. The summed E-state index contributed by atoms with van der Waals surface area (Å²) in [5, 5.41) is 8.39. The second-order valence-corrected chi connectivity index (χ2v) is 18.0. The van der Waals surface area contributed by atoms with Crippen LogP contribution in [0, 0.1) is 30.1 Å². The highest BCUT2D eigenvalue weighted by atomic mass is 32.2. The maximum Gasteiger partial charge on any atom is 0.222 e. The van der Waals surface area contributed by atoms with E-state index in [1.807, 2.05) is 11.8 Å². The average molecular weight is 589 g/mol. The highest BCUT2D eigenvalue weighted by Crippen LogP contribution is 2.53. The highest BCUT2D eigenvalue weighted by molar-refractivity contribution is 8.00. The van der Waals surface area contributed by atoms with E-state index in [4.69, 9.17) is 0 Å². The van der Waals surface area contributed by atoms with Gasteiger partial charge < -0.3 is 0 Å². The molecule has 6 rings (SSSR count). The van der Waals surface area contributed by atoms with E-state index >= 15 is 0 Å². The minimum absolute atomic E-state index is 0.180. The zero-order valence-electron chi connectivity index (χ0n) is 28.6. The van der Waals surface area contributed by atoms with E-state index < -0.39 is 0 Å². The monoisotopic (exact) mass is 588 g/mol. The molecule has 0 aliphatic carbocycles. The summed E-state index contributed by atoms with van der Waals surface area (Å²) >= 11 is 2.02. The number of nitrogens with zero attached hydrogens (tertiary/aromatic N) is 1. The molecule has 0 atom stereocenters. The largest absolute Gasteiger partial charge is 0.222 e. The van der Waals surface area contributed by atoms with Gasteiger partial charge in [0.2, 0.25) is 5.69 Å². The van der Waals surface area contributed by atoms with Crippen molar-refractivity contribution >= 4 is 44.1 Å². The van der Waals surface area contributed by atoms with E-state index in [1.54, 1.807) is 0 Å². The number of aryl methyl sites for hydroxylation is 3. The summed E-state index contributed by atoms with van der Waals surface area (Å²) in [5.41, 5.74) is 10.7. The van der Waals surface area contributed by atoms with Crippen LogP contribution in [0.2, 0.25) is 0 Å². The number of rotatable bonds is 3. The van der Waals surface area contributed by atoms with Crippen molar-refractivity contribution in [2.75, 3.05) is 0 Å². The first-order chi connectivity index (χ1) is 19.9. The van der Waals surface area contributed by atoms with Crippen LogP contribution in [-0.2, 0) is 26.3 Å². The molecule has 0 spiro atoms. The lowest BCUT2D eigenvalue weighted by Crippen LogP contribution is -2.32. The van der Waals surface area contributed by atoms with Crippen molar-refractivity contribution < 1.29 is 4.57 Å². The van der Waals surface area contributed by atoms with Gasteiger partial charge in [0.15, 0.2) is 6.20 Å². The fourth-order valence-corrected chi connectivity index (χ4v) is 8.66. The molecule has 0 radical (unpaired) electrons. The Hall–Kier alpha value is -2.84. The van der Waals surface area contributed by atoms with Crippen LogP contribution < -0.4 is 4.57 Å². The average Bonchev–Trinajstić information content (AvgIpc) is 2.86. The fourth-order valence-electron chi connectivity index (χ4n) is 7.29. The van der Waals surface area contributed by atoms with Gasteiger partial charge in [-0.25, -0.2) is 4.57 Å². The first-order valence-corrected chi connectivity index (χ1v) is 16.9. The molecule has 224 valence electrons. The zero-order chi connectivity index (χ0) is 31.2. The fraction of sp³-hybridized carbons (Fsp3) is 0.439. The second kappa shape index (κ2) is 10.1. The molecule has 43 heavy (non-hydrogen) atoms. The molecule has 0 bridgehead atoms. The van der Waals surface area contributed by atoms with E-state index in [9.17, 15) is 0 Å². The van der Waals surface area contributed by atoms with Gasteiger partial charge in [0.25, 0.3) is 0 Å². The lowest BCUT2D eigenvalue weighted by molar-refractivity contribution is -0.659. The molecule has 4 aromatic carbocycles. The summed E-state index contributed by atoms with van der Waals surface area (Å²) in [6, 6.07) is 17.1. The van der Waals surface area contributed by atoms with E-state index in [1.165, 1.54) is 81.2 Å². The molecule has 0 fully saturated rings. The summed E-state index contributed by atoms with van der Waals surface area (Å²) in [5.74, 6) is 0. The van der Waals surface area contributed by atoms with Gasteiger partial charge in [0.1, 0.15) is 7.05 Å². The summed E-state index contributed by atoms with van der Waals surface area (Å²) in [6.07, 6.45) is 5.52. The molecule has 0 saturated heterocycles. The predicted octanol–water partition coefficient (Wildman–Crippen LogP) is 11.5. The first kappa shape index (κ1) is 30.2. The summed E-state index contributed by atoms with van der Waals surface area (Å²) in [7, 11) is 2.24. The van der Waals surface area contributed by atoms with Crippen LogP contribution in [0.25, 0.3) is 43.6 Å². The molecular weight excluding hydrogens is 539 g/mol. The normalized spacial score (nSPS) is 13.8. The van der Waals surface area contributed by atoms with Gasteiger partial charge in [0.05, 0.1) is 10.9 Å².